The molecular weight excluding hydrogens is 340 g/mol. The first-order valence-electron chi connectivity index (χ1n) is 6.01. The summed E-state index contributed by atoms with van der Waals surface area (Å²) in [6.07, 6.45) is 1.77. The zero-order chi connectivity index (χ0) is 14.4. The van der Waals surface area contributed by atoms with Crippen LogP contribution in [0.5, 0.6) is 5.75 Å². The summed E-state index contributed by atoms with van der Waals surface area (Å²) >= 11 is 4.96. The second-order valence-corrected chi connectivity index (χ2v) is 5.87. The summed E-state index contributed by atoms with van der Waals surface area (Å²) in [4.78, 5) is 0. The predicted molar refractivity (Wildman–Crippen MR) is 85.0 cm³/mol. The number of hydrogen-bond acceptors (Lipinski definition) is 5. The Labute approximate surface area is 130 Å². The maximum Gasteiger partial charge on any atom is 0.222 e. The fraction of sp³-hybridized carbons (Fsp3) is 0.231. The van der Waals surface area contributed by atoms with E-state index in [2.05, 4.69) is 32.7 Å². The van der Waals surface area contributed by atoms with Gasteiger partial charge in [-0.1, -0.05) is 39.8 Å². The van der Waals surface area contributed by atoms with E-state index in [0.29, 0.717) is 19.1 Å². The summed E-state index contributed by atoms with van der Waals surface area (Å²) in [6.45, 7) is 4.88. The molecule has 0 bridgehead atoms. The molecule has 0 atom stereocenters. The van der Waals surface area contributed by atoms with Gasteiger partial charge in [0.05, 0.1) is 6.61 Å². The van der Waals surface area contributed by atoms with E-state index in [9.17, 15) is 0 Å². The third kappa shape index (κ3) is 4.01. The summed E-state index contributed by atoms with van der Waals surface area (Å²) in [7, 11) is 0. The van der Waals surface area contributed by atoms with E-state index in [1.54, 1.807) is 17.8 Å². The molecule has 0 saturated carbocycles. The van der Waals surface area contributed by atoms with Gasteiger partial charge in [-0.2, -0.15) is 0 Å². The van der Waals surface area contributed by atoms with Crippen molar-refractivity contribution in [2.45, 2.75) is 11.7 Å². The van der Waals surface area contributed by atoms with Crippen molar-refractivity contribution >= 4 is 33.6 Å². The van der Waals surface area contributed by atoms with Gasteiger partial charge in [0.25, 0.3) is 0 Å². The minimum absolute atomic E-state index is 0.403. The molecule has 106 valence electrons. The summed E-state index contributed by atoms with van der Waals surface area (Å²) in [5.74, 6) is 2.01. The first-order chi connectivity index (χ1) is 9.70. The third-order valence-electron chi connectivity index (χ3n) is 2.44. The number of halogens is 1. The van der Waals surface area contributed by atoms with Crippen LogP contribution in [-0.2, 0) is 6.54 Å². The number of aromatic nitrogens is 3. The fourth-order valence-corrected chi connectivity index (χ4v) is 2.71. The molecule has 0 aliphatic rings. The Morgan fingerprint density at radius 2 is 2.30 bits per heavy atom. The topological polar surface area (TPSA) is 66.0 Å². The number of hydrogen-bond donors (Lipinski definition) is 1. The molecule has 0 spiro atoms. The van der Waals surface area contributed by atoms with Crippen molar-refractivity contribution in [1.29, 1.82) is 0 Å². The normalized spacial score (nSPS) is 10.4. The number of nitrogen functional groups attached to an aromatic ring is 1. The van der Waals surface area contributed by atoms with Crippen LogP contribution >= 0.6 is 27.7 Å². The van der Waals surface area contributed by atoms with Crippen molar-refractivity contribution in [3.8, 4) is 5.75 Å². The lowest BCUT2D eigenvalue weighted by molar-refractivity contribution is 0.343. The lowest BCUT2D eigenvalue weighted by Crippen LogP contribution is -2.05. The van der Waals surface area contributed by atoms with Gasteiger partial charge in [-0.05, 0) is 18.2 Å². The average molecular weight is 355 g/mol. The van der Waals surface area contributed by atoms with Crippen LogP contribution in [-0.4, -0.2) is 27.1 Å². The lowest BCUT2D eigenvalue weighted by atomic mass is 10.3. The van der Waals surface area contributed by atoms with E-state index in [0.717, 1.165) is 21.1 Å². The van der Waals surface area contributed by atoms with Crippen LogP contribution in [0.15, 0.2) is 46.5 Å². The summed E-state index contributed by atoms with van der Waals surface area (Å²) in [6, 6.07) is 7.76. The Balaban J connectivity index is 1.83. The van der Waals surface area contributed by atoms with Gasteiger partial charge in [0.1, 0.15) is 5.75 Å². The molecule has 1 aromatic carbocycles. The Kier molecular flexibility index (Phi) is 5.49. The van der Waals surface area contributed by atoms with Crippen LogP contribution in [0.1, 0.15) is 0 Å². The fourth-order valence-electron chi connectivity index (χ4n) is 1.56. The molecule has 5 nitrogen and oxygen atoms in total. The molecule has 0 radical (unpaired) electrons. The average Bonchev–Trinajstić information content (AvgIpc) is 2.77. The van der Waals surface area contributed by atoms with Crippen LogP contribution in [0, 0.1) is 0 Å². The van der Waals surface area contributed by atoms with Gasteiger partial charge in [0.15, 0.2) is 5.16 Å². The van der Waals surface area contributed by atoms with E-state index in [4.69, 9.17) is 10.5 Å². The number of anilines is 1. The molecule has 1 aromatic heterocycles. The van der Waals surface area contributed by atoms with Gasteiger partial charge in [-0.15, -0.1) is 16.8 Å². The molecule has 0 amide bonds. The van der Waals surface area contributed by atoms with Gasteiger partial charge in [0.2, 0.25) is 5.95 Å². The van der Waals surface area contributed by atoms with E-state index >= 15 is 0 Å². The van der Waals surface area contributed by atoms with Crippen LogP contribution in [0.25, 0.3) is 0 Å². The number of nitrogens with zero attached hydrogens (tertiary/aromatic N) is 3. The third-order valence-corrected chi connectivity index (χ3v) is 3.86. The molecule has 2 N–H and O–H groups in total. The van der Waals surface area contributed by atoms with Crippen molar-refractivity contribution < 1.29 is 4.74 Å². The Bertz CT molecular complexity index is 588. The van der Waals surface area contributed by atoms with Crippen molar-refractivity contribution in [1.82, 2.24) is 14.8 Å². The van der Waals surface area contributed by atoms with E-state index in [-0.39, 0.29) is 0 Å². The van der Waals surface area contributed by atoms with Crippen LogP contribution in [0.4, 0.5) is 5.95 Å². The van der Waals surface area contributed by atoms with Crippen molar-refractivity contribution in [3.05, 3.63) is 41.4 Å². The van der Waals surface area contributed by atoms with Crippen molar-refractivity contribution in [2.75, 3.05) is 18.1 Å². The second-order valence-electron chi connectivity index (χ2n) is 3.89. The Morgan fingerprint density at radius 3 is 3.05 bits per heavy atom. The first-order valence-corrected chi connectivity index (χ1v) is 7.79. The predicted octanol–water partition coefficient (Wildman–Crippen LogP) is 2.98. The zero-order valence-corrected chi connectivity index (χ0v) is 13.2. The summed E-state index contributed by atoms with van der Waals surface area (Å²) < 4.78 is 8.47. The van der Waals surface area contributed by atoms with E-state index in [1.807, 2.05) is 28.8 Å². The number of nitrogens with two attached hydrogens (primary N) is 1. The molecule has 2 rings (SSSR count). The maximum atomic E-state index is 5.73. The molecule has 0 unspecified atom stereocenters. The SMILES string of the molecule is C=CCn1c(N)nnc1SCCOc1cccc(Br)c1. The van der Waals surface area contributed by atoms with Crippen molar-refractivity contribution in [2.24, 2.45) is 0 Å². The molecule has 0 fully saturated rings. The molecule has 20 heavy (non-hydrogen) atoms. The van der Waals surface area contributed by atoms with Gasteiger partial charge in [0, 0.05) is 16.8 Å². The highest BCUT2D eigenvalue weighted by Crippen LogP contribution is 2.20. The molecule has 0 aliphatic heterocycles. The number of thioether (sulfide) groups is 1. The zero-order valence-electron chi connectivity index (χ0n) is 10.8. The number of ether oxygens (including phenoxy) is 1. The van der Waals surface area contributed by atoms with Gasteiger partial charge in [-0.25, -0.2) is 0 Å². The van der Waals surface area contributed by atoms with Crippen molar-refractivity contribution in [3.63, 3.8) is 0 Å². The highest BCUT2D eigenvalue weighted by atomic mass is 79.9. The molecular formula is C13H15BrN4OS. The lowest BCUT2D eigenvalue weighted by Gasteiger charge is -2.07. The first kappa shape index (κ1) is 14.9. The molecule has 0 aliphatic carbocycles. The number of allylic oxidation sites excluding steroid dienone is 1. The second kappa shape index (κ2) is 7.35. The van der Waals surface area contributed by atoms with E-state index < -0.39 is 0 Å². The number of rotatable bonds is 7. The quantitative estimate of drug-likeness (QED) is 0.470. The molecule has 0 saturated heterocycles. The summed E-state index contributed by atoms with van der Waals surface area (Å²) in [5, 5.41) is 8.67. The summed E-state index contributed by atoms with van der Waals surface area (Å²) in [5.41, 5.74) is 5.73. The smallest absolute Gasteiger partial charge is 0.222 e. The highest BCUT2D eigenvalue weighted by Gasteiger charge is 2.08. The van der Waals surface area contributed by atoms with Crippen LogP contribution in [0.3, 0.4) is 0 Å². The Morgan fingerprint density at radius 1 is 1.45 bits per heavy atom. The minimum Gasteiger partial charge on any atom is -0.493 e. The monoisotopic (exact) mass is 354 g/mol. The Hall–Kier alpha value is -1.47. The van der Waals surface area contributed by atoms with Crippen LogP contribution in [0.2, 0.25) is 0 Å². The molecule has 1 heterocycles. The molecule has 7 heteroatoms. The van der Waals surface area contributed by atoms with Gasteiger partial charge < -0.3 is 10.5 Å². The standard InChI is InChI=1S/C13H15BrN4OS/c1-2-6-18-12(15)16-17-13(18)20-8-7-19-11-5-3-4-10(14)9-11/h2-5,9H,1,6-8H2,(H2,15,16). The highest BCUT2D eigenvalue weighted by molar-refractivity contribution is 9.10. The molecule has 2 aromatic rings. The largest absolute Gasteiger partial charge is 0.493 e. The minimum atomic E-state index is 0.403. The van der Waals surface area contributed by atoms with Gasteiger partial charge in [-0.3, -0.25) is 4.57 Å². The van der Waals surface area contributed by atoms with Crippen LogP contribution < -0.4 is 10.5 Å². The number of benzene rings is 1. The van der Waals surface area contributed by atoms with E-state index in [1.165, 1.54) is 0 Å². The maximum absolute atomic E-state index is 5.73. The van der Waals surface area contributed by atoms with Gasteiger partial charge >= 0.3 is 0 Å².